The second-order valence-electron chi connectivity index (χ2n) is 4.37. The molecular weight excluding hydrogens is 246 g/mol. The minimum absolute atomic E-state index is 0.253. The highest BCUT2D eigenvalue weighted by molar-refractivity contribution is 5.81. The Balaban J connectivity index is 2.18. The number of rotatable bonds is 6. The summed E-state index contributed by atoms with van der Waals surface area (Å²) < 4.78 is 7.27. The third-order valence-electron chi connectivity index (χ3n) is 2.87. The number of hydrogen-bond acceptors (Lipinski definition) is 3. The Morgan fingerprint density at radius 3 is 2.89 bits per heavy atom. The molecule has 0 aliphatic rings. The van der Waals surface area contributed by atoms with Crippen molar-refractivity contribution in [2.45, 2.75) is 26.0 Å². The maximum absolute atomic E-state index is 10.5. The quantitative estimate of drug-likeness (QED) is 0.834. The maximum Gasteiger partial charge on any atom is 0.306 e. The van der Waals surface area contributed by atoms with Gasteiger partial charge in [-0.25, -0.2) is 0 Å². The molecule has 0 aliphatic heterocycles. The number of benzene rings is 1. The van der Waals surface area contributed by atoms with Gasteiger partial charge in [0, 0.05) is 23.6 Å². The van der Waals surface area contributed by atoms with Gasteiger partial charge in [-0.2, -0.15) is 0 Å². The molecule has 1 unspecified atom stereocenters. The van der Waals surface area contributed by atoms with E-state index in [1.807, 2.05) is 42.0 Å². The molecule has 1 atom stereocenters. The van der Waals surface area contributed by atoms with Crippen LogP contribution in [0.15, 0.2) is 30.5 Å². The zero-order valence-corrected chi connectivity index (χ0v) is 10.7. The number of fused-ring (bicyclic) bond motifs is 1. The van der Waals surface area contributed by atoms with Gasteiger partial charge in [-0.3, -0.25) is 4.79 Å². The van der Waals surface area contributed by atoms with Crippen LogP contribution in [0.1, 0.15) is 13.3 Å². The molecule has 1 aromatic heterocycles. The standard InChI is InChI=1S/C14H17NO4/c1-2-19-12-3-4-13-10(7-12)5-6-15(13)9-11(16)8-14(17)18/h3-7,11,16H,2,8-9H2,1H3,(H,17,18). The third-order valence-corrected chi connectivity index (χ3v) is 2.87. The van der Waals surface area contributed by atoms with Gasteiger partial charge in [0.2, 0.25) is 0 Å². The fourth-order valence-corrected chi connectivity index (χ4v) is 2.09. The molecule has 2 aromatic rings. The Labute approximate surface area is 111 Å². The summed E-state index contributed by atoms with van der Waals surface area (Å²) in [7, 11) is 0. The number of aliphatic carboxylic acids is 1. The van der Waals surface area contributed by atoms with Crippen LogP contribution >= 0.6 is 0 Å². The molecule has 5 heteroatoms. The van der Waals surface area contributed by atoms with Crippen molar-refractivity contribution in [1.82, 2.24) is 4.57 Å². The molecule has 0 amide bonds. The number of aliphatic hydroxyl groups is 1. The van der Waals surface area contributed by atoms with Crippen LogP contribution in [0.25, 0.3) is 10.9 Å². The fourth-order valence-electron chi connectivity index (χ4n) is 2.09. The first-order valence-electron chi connectivity index (χ1n) is 6.21. The number of carboxylic acids is 1. The van der Waals surface area contributed by atoms with Crippen molar-refractivity contribution in [1.29, 1.82) is 0 Å². The molecule has 0 saturated carbocycles. The lowest BCUT2D eigenvalue weighted by Gasteiger charge is -2.11. The minimum Gasteiger partial charge on any atom is -0.494 e. The summed E-state index contributed by atoms with van der Waals surface area (Å²) in [5, 5.41) is 19.3. The van der Waals surface area contributed by atoms with E-state index in [-0.39, 0.29) is 13.0 Å². The van der Waals surface area contributed by atoms with E-state index in [0.717, 1.165) is 16.7 Å². The van der Waals surface area contributed by atoms with Gasteiger partial charge in [0.05, 0.1) is 19.1 Å². The molecule has 0 radical (unpaired) electrons. The van der Waals surface area contributed by atoms with E-state index in [9.17, 15) is 9.90 Å². The van der Waals surface area contributed by atoms with E-state index in [1.54, 1.807) is 0 Å². The molecule has 0 aliphatic carbocycles. The first kappa shape index (κ1) is 13.4. The number of aromatic nitrogens is 1. The molecule has 0 fully saturated rings. The molecule has 0 saturated heterocycles. The Hall–Kier alpha value is -2.01. The molecule has 2 rings (SSSR count). The highest BCUT2D eigenvalue weighted by Gasteiger charge is 2.11. The Morgan fingerprint density at radius 1 is 1.42 bits per heavy atom. The summed E-state index contributed by atoms with van der Waals surface area (Å²) in [5.41, 5.74) is 0.952. The largest absolute Gasteiger partial charge is 0.494 e. The van der Waals surface area contributed by atoms with Crippen LogP contribution in [-0.2, 0) is 11.3 Å². The van der Waals surface area contributed by atoms with E-state index in [1.165, 1.54) is 0 Å². The summed E-state index contributed by atoms with van der Waals surface area (Å²) in [6.45, 7) is 2.81. The second-order valence-corrected chi connectivity index (χ2v) is 4.37. The first-order valence-corrected chi connectivity index (χ1v) is 6.21. The maximum atomic E-state index is 10.5. The van der Waals surface area contributed by atoms with Gasteiger partial charge >= 0.3 is 5.97 Å². The second kappa shape index (κ2) is 5.75. The summed E-state index contributed by atoms with van der Waals surface area (Å²) in [5.74, 6) is -0.193. The van der Waals surface area contributed by atoms with Crippen LogP contribution in [0.4, 0.5) is 0 Å². The van der Waals surface area contributed by atoms with E-state index in [2.05, 4.69) is 0 Å². The first-order chi connectivity index (χ1) is 9.10. The molecule has 102 valence electrons. The van der Waals surface area contributed by atoms with Gasteiger partial charge in [0.1, 0.15) is 5.75 Å². The Bertz CT molecular complexity index is 576. The highest BCUT2D eigenvalue weighted by Crippen LogP contribution is 2.22. The monoisotopic (exact) mass is 263 g/mol. The summed E-state index contributed by atoms with van der Waals surface area (Å²) in [4.78, 5) is 10.5. The van der Waals surface area contributed by atoms with Crippen LogP contribution in [0.5, 0.6) is 5.75 Å². The molecule has 1 aromatic carbocycles. The lowest BCUT2D eigenvalue weighted by Crippen LogP contribution is -2.19. The predicted octanol–water partition coefficient (Wildman–Crippen LogP) is 1.88. The van der Waals surface area contributed by atoms with Crippen molar-refractivity contribution in [3.63, 3.8) is 0 Å². The topological polar surface area (TPSA) is 71.7 Å². The SMILES string of the molecule is CCOc1ccc2c(ccn2CC(O)CC(=O)O)c1. The summed E-state index contributed by atoms with van der Waals surface area (Å²) >= 11 is 0. The lowest BCUT2D eigenvalue weighted by molar-refractivity contribution is -0.139. The lowest BCUT2D eigenvalue weighted by atomic mass is 10.2. The summed E-state index contributed by atoms with van der Waals surface area (Å²) in [6, 6.07) is 7.63. The van der Waals surface area contributed by atoms with Crippen molar-refractivity contribution in [2.75, 3.05) is 6.61 Å². The van der Waals surface area contributed by atoms with Crippen molar-refractivity contribution >= 4 is 16.9 Å². The van der Waals surface area contributed by atoms with Crippen molar-refractivity contribution in [3.05, 3.63) is 30.5 Å². The van der Waals surface area contributed by atoms with Crippen LogP contribution in [-0.4, -0.2) is 33.5 Å². The minimum atomic E-state index is -0.998. The van der Waals surface area contributed by atoms with Crippen LogP contribution in [0, 0.1) is 0 Å². The third kappa shape index (κ3) is 3.26. The van der Waals surface area contributed by atoms with Gasteiger partial charge in [-0.05, 0) is 31.2 Å². The van der Waals surface area contributed by atoms with Gasteiger partial charge in [-0.15, -0.1) is 0 Å². The average Bonchev–Trinajstić information content (AvgIpc) is 2.71. The van der Waals surface area contributed by atoms with Crippen LogP contribution in [0.2, 0.25) is 0 Å². The number of aliphatic hydroxyl groups excluding tert-OH is 1. The van der Waals surface area contributed by atoms with Crippen LogP contribution in [0.3, 0.4) is 0 Å². The summed E-state index contributed by atoms with van der Waals surface area (Å²) in [6.07, 6.45) is 0.696. The fraction of sp³-hybridized carbons (Fsp3) is 0.357. The van der Waals surface area contributed by atoms with E-state index < -0.39 is 12.1 Å². The number of nitrogens with zero attached hydrogens (tertiary/aromatic N) is 1. The van der Waals surface area contributed by atoms with Gasteiger partial charge in [0.25, 0.3) is 0 Å². The molecule has 19 heavy (non-hydrogen) atoms. The van der Waals surface area contributed by atoms with Gasteiger partial charge in [0.15, 0.2) is 0 Å². The number of carboxylic acid groups (broad SMARTS) is 1. The van der Waals surface area contributed by atoms with Crippen molar-refractivity contribution < 1.29 is 19.7 Å². The molecular formula is C14H17NO4. The number of carbonyl (C=O) groups is 1. The van der Waals surface area contributed by atoms with Gasteiger partial charge < -0.3 is 19.5 Å². The number of hydrogen-bond donors (Lipinski definition) is 2. The number of ether oxygens (including phenoxy) is 1. The normalized spacial score (nSPS) is 12.5. The van der Waals surface area contributed by atoms with E-state index in [0.29, 0.717) is 6.61 Å². The van der Waals surface area contributed by atoms with Gasteiger partial charge in [-0.1, -0.05) is 0 Å². The molecule has 1 heterocycles. The van der Waals surface area contributed by atoms with E-state index in [4.69, 9.17) is 9.84 Å². The highest BCUT2D eigenvalue weighted by atomic mass is 16.5. The van der Waals surface area contributed by atoms with E-state index >= 15 is 0 Å². The smallest absolute Gasteiger partial charge is 0.306 e. The van der Waals surface area contributed by atoms with Crippen LogP contribution < -0.4 is 4.74 Å². The van der Waals surface area contributed by atoms with Crippen molar-refractivity contribution in [3.8, 4) is 5.75 Å². The predicted molar refractivity (Wildman–Crippen MR) is 71.4 cm³/mol. The zero-order valence-electron chi connectivity index (χ0n) is 10.7. The Kier molecular flexibility index (Phi) is 4.06. The molecule has 0 spiro atoms. The average molecular weight is 263 g/mol. The molecule has 2 N–H and O–H groups in total. The Morgan fingerprint density at radius 2 is 2.21 bits per heavy atom. The molecule has 0 bridgehead atoms. The van der Waals surface area contributed by atoms with Crippen molar-refractivity contribution in [2.24, 2.45) is 0 Å². The zero-order chi connectivity index (χ0) is 13.8. The molecule has 5 nitrogen and oxygen atoms in total.